The lowest BCUT2D eigenvalue weighted by atomic mass is 9.96. The molecular formula is C16H22Br2N2. The number of halogens is 2. The van der Waals surface area contributed by atoms with Crippen molar-refractivity contribution in [3.63, 3.8) is 0 Å². The first-order valence-corrected chi connectivity index (χ1v) is 9.17. The van der Waals surface area contributed by atoms with Gasteiger partial charge in [0.1, 0.15) is 0 Å². The van der Waals surface area contributed by atoms with E-state index in [1.165, 1.54) is 48.8 Å². The minimum atomic E-state index is 0.399. The van der Waals surface area contributed by atoms with E-state index in [9.17, 15) is 0 Å². The van der Waals surface area contributed by atoms with Crippen molar-refractivity contribution in [2.45, 2.75) is 50.7 Å². The molecule has 110 valence electrons. The van der Waals surface area contributed by atoms with Crippen molar-refractivity contribution >= 4 is 31.9 Å². The highest BCUT2D eigenvalue weighted by Gasteiger charge is 2.32. The van der Waals surface area contributed by atoms with Crippen LogP contribution < -0.4 is 5.32 Å². The Morgan fingerprint density at radius 3 is 2.90 bits per heavy atom. The summed E-state index contributed by atoms with van der Waals surface area (Å²) in [5, 5.41) is 3.84. The zero-order chi connectivity index (χ0) is 14.1. The van der Waals surface area contributed by atoms with Gasteiger partial charge < -0.3 is 10.2 Å². The maximum Gasteiger partial charge on any atom is 0.0305 e. The van der Waals surface area contributed by atoms with Crippen molar-refractivity contribution in [1.82, 2.24) is 10.2 Å². The van der Waals surface area contributed by atoms with Crippen molar-refractivity contribution in [1.29, 1.82) is 0 Å². The van der Waals surface area contributed by atoms with E-state index in [1.54, 1.807) is 0 Å². The molecule has 3 rings (SSSR count). The predicted molar refractivity (Wildman–Crippen MR) is 91.0 cm³/mol. The van der Waals surface area contributed by atoms with Crippen LogP contribution in [0, 0.1) is 0 Å². The van der Waals surface area contributed by atoms with Crippen molar-refractivity contribution < 1.29 is 0 Å². The summed E-state index contributed by atoms with van der Waals surface area (Å²) in [4.78, 5) is 2.68. The highest BCUT2D eigenvalue weighted by molar-refractivity contribution is 9.11. The van der Waals surface area contributed by atoms with Crippen LogP contribution in [0.2, 0.25) is 0 Å². The third kappa shape index (κ3) is 3.29. The molecule has 3 atom stereocenters. The normalized spacial score (nSPS) is 28.4. The number of nitrogens with one attached hydrogen (secondary N) is 1. The second kappa shape index (κ2) is 6.47. The second-order valence-electron chi connectivity index (χ2n) is 6.11. The van der Waals surface area contributed by atoms with Gasteiger partial charge in [-0.1, -0.05) is 37.9 Å². The molecule has 0 radical (unpaired) electrons. The molecule has 0 aromatic heterocycles. The molecule has 0 amide bonds. The molecule has 0 aliphatic carbocycles. The van der Waals surface area contributed by atoms with Gasteiger partial charge >= 0.3 is 0 Å². The Kier molecular flexibility index (Phi) is 4.86. The van der Waals surface area contributed by atoms with Crippen LogP contribution in [-0.4, -0.2) is 30.1 Å². The van der Waals surface area contributed by atoms with E-state index >= 15 is 0 Å². The lowest BCUT2D eigenvalue weighted by Gasteiger charge is -2.36. The summed E-state index contributed by atoms with van der Waals surface area (Å²) in [6, 6.07) is 8.36. The fourth-order valence-electron chi connectivity index (χ4n) is 3.67. The zero-order valence-electron chi connectivity index (χ0n) is 11.9. The fraction of sp³-hybridized carbons (Fsp3) is 0.625. The molecule has 4 heteroatoms. The van der Waals surface area contributed by atoms with Crippen LogP contribution in [0.1, 0.15) is 44.2 Å². The smallest absolute Gasteiger partial charge is 0.0305 e. The number of hydrogen-bond donors (Lipinski definition) is 1. The molecule has 1 N–H and O–H groups in total. The van der Waals surface area contributed by atoms with E-state index in [4.69, 9.17) is 0 Å². The molecule has 0 bridgehead atoms. The average molecular weight is 402 g/mol. The Morgan fingerprint density at radius 1 is 1.25 bits per heavy atom. The molecule has 2 aliphatic heterocycles. The molecule has 1 aromatic carbocycles. The summed E-state index contributed by atoms with van der Waals surface area (Å²) in [6.45, 7) is 4.87. The number of nitrogens with zero attached hydrogens (tertiary/aromatic N) is 1. The van der Waals surface area contributed by atoms with Gasteiger partial charge in [0.15, 0.2) is 0 Å². The molecule has 0 saturated carbocycles. The number of piperidine rings is 1. The quantitative estimate of drug-likeness (QED) is 0.802. The molecule has 3 unspecified atom stereocenters. The van der Waals surface area contributed by atoms with Gasteiger partial charge in [0, 0.05) is 27.1 Å². The van der Waals surface area contributed by atoms with Gasteiger partial charge in [-0.15, -0.1) is 0 Å². The molecule has 2 aliphatic rings. The second-order valence-corrected chi connectivity index (χ2v) is 7.88. The Labute approximate surface area is 138 Å². The average Bonchev–Trinajstić information content (AvgIpc) is 2.85. The molecule has 2 fully saturated rings. The molecule has 20 heavy (non-hydrogen) atoms. The monoisotopic (exact) mass is 400 g/mol. The SMILES string of the molecule is CC(NC1CCN2CCCC2C1)c1ccc(Br)cc1Br. The number of rotatable bonds is 3. The van der Waals surface area contributed by atoms with Crippen LogP contribution in [0.5, 0.6) is 0 Å². The first kappa shape index (κ1) is 15.0. The first-order chi connectivity index (χ1) is 9.63. The summed E-state index contributed by atoms with van der Waals surface area (Å²) in [7, 11) is 0. The lowest BCUT2D eigenvalue weighted by molar-refractivity contribution is 0.162. The number of fused-ring (bicyclic) bond motifs is 1. The fourth-order valence-corrected chi connectivity index (χ4v) is 5.06. The highest BCUT2D eigenvalue weighted by atomic mass is 79.9. The topological polar surface area (TPSA) is 15.3 Å². The maximum atomic E-state index is 3.84. The Morgan fingerprint density at radius 2 is 2.10 bits per heavy atom. The standard InChI is InChI=1S/C16H22Br2N2/c1-11(15-5-4-12(17)9-16(15)18)19-13-6-8-20-7-2-3-14(20)10-13/h4-5,9,11,13-14,19H,2-3,6-8,10H2,1H3. The van der Waals surface area contributed by atoms with Gasteiger partial charge in [0.2, 0.25) is 0 Å². The van der Waals surface area contributed by atoms with Gasteiger partial charge in [0.25, 0.3) is 0 Å². The van der Waals surface area contributed by atoms with Gasteiger partial charge in [-0.05, 0) is 63.4 Å². The predicted octanol–water partition coefficient (Wildman–Crippen LogP) is 4.49. The summed E-state index contributed by atoms with van der Waals surface area (Å²) in [5.41, 5.74) is 1.35. The van der Waals surface area contributed by atoms with Gasteiger partial charge in [0.05, 0.1) is 0 Å². The van der Waals surface area contributed by atoms with Crippen LogP contribution in [0.4, 0.5) is 0 Å². The largest absolute Gasteiger partial charge is 0.307 e. The van der Waals surface area contributed by atoms with Crippen LogP contribution >= 0.6 is 31.9 Å². The van der Waals surface area contributed by atoms with E-state index < -0.39 is 0 Å². The summed E-state index contributed by atoms with van der Waals surface area (Å²) in [6.07, 6.45) is 5.40. The van der Waals surface area contributed by atoms with Crippen LogP contribution in [-0.2, 0) is 0 Å². The van der Waals surface area contributed by atoms with Gasteiger partial charge in [-0.3, -0.25) is 0 Å². The molecular weight excluding hydrogens is 380 g/mol. The third-order valence-electron chi connectivity index (χ3n) is 4.74. The highest BCUT2D eigenvalue weighted by Crippen LogP contribution is 2.30. The molecule has 2 heterocycles. The van der Waals surface area contributed by atoms with E-state index in [0.717, 1.165) is 10.5 Å². The summed E-state index contributed by atoms with van der Waals surface area (Å²) in [5.74, 6) is 0. The Balaban J connectivity index is 1.62. The summed E-state index contributed by atoms with van der Waals surface area (Å²) < 4.78 is 2.31. The van der Waals surface area contributed by atoms with Gasteiger partial charge in [-0.2, -0.15) is 0 Å². The molecule has 2 saturated heterocycles. The van der Waals surface area contributed by atoms with Crippen LogP contribution in [0.15, 0.2) is 27.1 Å². The van der Waals surface area contributed by atoms with Crippen molar-refractivity contribution in [3.8, 4) is 0 Å². The van der Waals surface area contributed by atoms with Crippen molar-refractivity contribution in [2.75, 3.05) is 13.1 Å². The molecule has 0 spiro atoms. The Bertz CT molecular complexity index is 478. The van der Waals surface area contributed by atoms with E-state index in [2.05, 4.69) is 67.2 Å². The number of benzene rings is 1. The minimum absolute atomic E-state index is 0.399. The molecule has 2 nitrogen and oxygen atoms in total. The van der Waals surface area contributed by atoms with E-state index in [-0.39, 0.29) is 0 Å². The van der Waals surface area contributed by atoms with Crippen molar-refractivity contribution in [3.05, 3.63) is 32.7 Å². The molecule has 1 aromatic rings. The maximum absolute atomic E-state index is 3.84. The van der Waals surface area contributed by atoms with Gasteiger partial charge in [-0.25, -0.2) is 0 Å². The third-order valence-corrected chi connectivity index (χ3v) is 5.92. The Hall–Kier alpha value is 0.1000. The minimum Gasteiger partial charge on any atom is -0.307 e. The lowest BCUT2D eigenvalue weighted by Crippen LogP contribution is -2.46. The number of hydrogen-bond acceptors (Lipinski definition) is 2. The van der Waals surface area contributed by atoms with E-state index in [1.807, 2.05) is 0 Å². The van der Waals surface area contributed by atoms with Crippen LogP contribution in [0.25, 0.3) is 0 Å². The first-order valence-electron chi connectivity index (χ1n) is 7.58. The van der Waals surface area contributed by atoms with Crippen molar-refractivity contribution in [2.24, 2.45) is 0 Å². The van der Waals surface area contributed by atoms with Crippen LogP contribution in [0.3, 0.4) is 0 Å². The van der Waals surface area contributed by atoms with E-state index in [0.29, 0.717) is 12.1 Å². The zero-order valence-corrected chi connectivity index (χ0v) is 15.1. The summed E-state index contributed by atoms with van der Waals surface area (Å²) >= 11 is 7.20.